The molecule has 0 aliphatic heterocycles. The van der Waals surface area contributed by atoms with E-state index in [9.17, 15) is 4.79 Å². The fraction of sp³-hybridized carbons (Fsp3) is 0.0909. The monoisotopic (exact) mass is 250 g/mol. The first-order valence-electron chi connectivity index (χ1n) is 4.98. The van der Waals surface area contributed by atoms with Crippen molar-refractivity contribution in [1.29, 1.82) is 0 Å². The Balaban J connectivity index is 2.10. The number of benzene rings is 1. The standard InChI is InChI=1S/C11H11ClN4O/c12-8-3-1-7(2-4-8)5-14-10-9(13)11(17)16-6-15-10/h1-4,6H,5,13H2,(H2,14,15,16,17). The molecule has 0 aliphatic carbocycles. The molecule has 0 amide bonds. The van der Waals surface area contributed by atoms with E-state index in [1.54, 1.807) is 12.1 Å². The van der Waals surface area contributed by atoms with Gasteiger partial charge in [0, 0.05) is 11.6 Å². The molecule has 5 nitrogen and oxygen atoms in total. The van der Waals surface area contributed by atoms with Gasteiger partial charge in [0.25, 0.3) is 5.56 Å². The molecule has 2 aromatic rings. The third-order valence-electron chi connectivity index (χ3n) is 2.26. The molecule has 17 heavy (non-hydrogen) atoms. The van der Waals surface area contributed by atoms with Gasteiger partial charge in [0.2, 0.25) is 0 Å². The third kappa shape index (κ3) is 2.76. The number of hydrogen-bond donors (Lipinski definition) is 3. The summed E-state index contributed by atoms with van der Waals surface area (Å²) >= 11 is 5.78. The highest BCUT2D eigenvalue weighted by atomic mass is 35.5. The van der Waals surface area contributed by atoms with Crippen LogP contribution in [-0.4, -0.2) is 9.97 Å². The van der Waals surface area contributed by atoms with Crippen LogP contribution in [0.15, 0.2) is 35.4 Å². The van der Waals surface area contributed by atoms with Crippen molar-refractivity contribution in [2.24, 2.45) is 0 Å². The summed E-state index contributed by atoms with van der Waals surface area (Å²) in [6.45, 7) is 0.526. The van der Waals surface area contributed by atoms with Crippen LogP contribution in [0.4, 0.5) is 11.5 Å². The molecule has 0 fully saturated rings. The van der Waals surface area contributed by atoms with Gasteiger partial charge in [0.1, 0.15) is 5.69 Å². The molecule has 2 rings (SSSR count). The fourth-order valence-electron chi connectivity index (χ4n) is 1.34. The average molecular weight is 251 g/mol. The molecule has 0 spiro atoms. The van der Waals surface area contributed by atoms with Gasteiger partial charge in [-0.25, -0.2) is 4.98 Å². The maximum atomic E-state index is 11.2. The molecule has 0 atom stereocenters. The van der Waals surface area contributed by atoms with Crippen LogP contribution in [0.2, 0.25) is 5.02 Å². The van der Waals surface area contributed by atoms with Gasteiger partial charge >= 0.3 is 0 Å². The molecule has 0 bridgehead atoms. The number of aromatic amines is 1. The highest BCUT2D eigenvalue weighted by Gasteiger charge is 2.03. The Morgan fingerprint density at radius 1 is 1.35 bits per heavy atom. The first kappa shape index (κ1) is 11.5. The van der Waals surface area contributed by atoms with Crippen molar-refractivity contribution in [2.75, 3.05) is 11.1 Å². The van der Waals surface area contributed by atoms with Gasteiger partial charge in [-0.15, -0.1) is 0 Å². The molecule has 1 heterocycles. The Labute approximate surface area is 103 Å². The van der Waals surface area contributed by atoms with Gasteiger partial charge in [0.15, 0.2) is 5.82 Å². The summed E-state index contributed by atoms with van der Waals surface area (Å²) in [6.07, 6.45) is 1.31. The summed E-state index contributed by atoms with van der Waals surface area (Å²) in [5.74, 6) is 0.378. The quantitative estimate of drug-likeness (QED) is 0.773. The molecule has 0 radical (unpaired) electrons. The van der Waals surface area contributed by atoms with Crippen molar-refractivity contribution >= 4 is 23.1 Å². The molecular formula is C11H11ClN4O. The van der Waals surface area contributed by atoms with Gasteiger partial charge in [0.05, 0.1) is 6.33 Å². The Morgan fingerprint density at radius 3 is 2.76 bits per heavy atom. The maximum absolute atomic E-state index is 11.2. The predicted octanol–water partition coefficient (Wildman–Crippen LogP) is 1.62. The summed E-state index contributed by atoms with van der Waals surface area (Å²) in [4.78, 5) is 17.6. The Hall–Kier alpha value is -2.01. The summed E-state index contributed by atoms with van der Waals surface area (Å²) in [5.41, 5.74) is 6.34. The molecule has 0 saturated heterocycles. The van der Waals surface area contributed by atoms with Gasteiger partial charge in [-0.1, -0.05) is 23.7 Å². The average Bonchev–Trinajstić information content (AvgIpc) is 2.33. The molecule has 0 aliphatic rings. The zero-order chi connectivity index (χ0) is 12.3. The van der Waals surface area contributed by atoms with Crippen LogP contribution in [0.5, 0.6) is 0 Å². The van der Waals surface area contributed by atoms with E-state index >= 15 is 0 Å². The van der Waals surface area contributed by atoms with E-state index in [4.69, 9.17) is 17.3 Å². The number of nitrogens with one attached hydrogen (secondary N) is 2. The number of rotatable bonds is 3. The predicted molar refractivity (Wildman–Crippen MR) is 68.0 cm³/mol. The molecule has 0 unspecified atom stereocenters. The minimum atomic E-state index is -0.349. The first-order chi connectivity index (χ1) is 8.16. The summed E-state index contributed by atoms with van der Waals surface area (Å²) < 4.78 is 0. The lowest BCUT2D eigenvalue weighted by atomic mass is 10.2. The van der Waals surface area contributed by atoms with Gasteiger partial charge < -0.3 is 16.0 Å². The van der Waals surface area contributed by atoms with Crippen molar-refractivity contribution in [3.8, 4) is 0 Å². The number of nitrogens with zero attached hydrogens (tertiary/aromatic N) is 1. The van der Waals surface area contributed by atoms with Crippen molar-refractivity contribution in [1.82, 2.24) is 9.97 Å². The van der Waals surface area contributed by atoms with Crippen molar-refractivity contribution in [3.63, 3.8) is 0 Å². The largest absolute Gasteiger partial charge is 0.391 e. The number of nitrogens with two attached hydrogens (primary N) is 1. The lowest BCUT2D eigenvalue weighted by Gasteiger charge is -2.07. The highest BCUT2D eigenvalue weighted by molar-refractivity contribution is 6.30. The van der Waals surface area contributed by atoms with Gasteiger partial charge in [-0.05, 0) is 17.7 Å². The van der Waals surface area contributed by atoms with E-state index in [-0.39, 0.29) is 11.2 Å². The second-order valence-electron chi connectivity index (χ2n) is 3.47. The maximum Gasteiger partial charge on any atom is 0.276 e. The zero-order valence-corrected chi connectivity index (χ0v) is 9.66. The van der Waals surface area contributed by atoms with Crippen LogP contribution in [0.25, 0.3) is 0 Å². The summed E-state index contributed by atoms with van der Waals surface area (Å²) in [5, 5.41) is 3.67. The number of aromatic nitrogens is 2. The second-order valence-corrected chi connectivity index (χ2v) is 3.91. The first-order valence-corrected chi connectivity index (χ1v) is 5.36. The van der Waals surface area contributed by atoms with Crippen LogP contribution in [-0.2, 0) is 6.54 Å². The Kier molecular flexibility index (Phi) is 3.30. The van der Waals surface area contributed by atoms with Crippen LogP contribution < -0.4 is 16.6 Å². The normalized spacial score (nSPS) is 10.2. The fourth-order valence-corrected chi connectivity index (χ4v) is 1.47. The summed E-state index contributed by atoms with van der Waals surface area (Å²) in [6, 6.07) is 7.37. The number of hydrogen-bond acceptors (Lipinski definition) is 4. The van der Waals surface area contributed by atoms with Crippen LogP contribution in [0.1, 0.15) is 5.56 Å². The highest BCUT2D eigenvalue weighted by Crippen LogP contribution is 2.12. The molecule has 0 saturated carbocycles. The van der Waals surface area contributed by atoms with E-state index in [1.807, 2.05) is 12.1 Å². The lowest BCUT2D eigenvalue weighted by Crippen LogP contribution is -2.16. The zero-order valence-electron chi connectivity index (χ0n) is 8.90. The second kappa shape index (κ2) is 4.88. The molecule has 1 aromatic heterocycles. The number of anilines is 2. The summed E-state index contributed by atoms with van der Waals surface area (Å²) in [7, 11) is 0. The van der Waals surface area contributed by atoms with Crippen LogP contribution >= 0.6 is 11.6 Å². The minimum Gasteiger partial charge on any atom is -0.391 e. The SMILES string of the molecule is Nc1c(NCc2ccc(Cl)cc2)nc[nH]c1=O. The van der Waals surface area contributed by atoms with E-state index in [0.29, 0.717) is 17.4 Å². The third-order valence-corrected chi connectivity index (χ3v) is 2.51. The van der Waals surface area contributed by atoms with Crippen molar-refractivity contribution in [2.45, 2.75) is 6.54 Å². The molecule has 1 aromatic carbocycles. The number of halogens is 1. The van der Waals surface area contributed by atoms with E-state index in [1.165, 1.54) is 6.33 Å². The topological polar surface area (TPSA) is 83.8 Å². The smallest absolute Gasteiger partial charge is 0.276 e. The van der Waals surface area contributed by atoms with E-state index < -0.39 is 0 Å². The van der Waals surface area contributed by atoms with Gasteiger partial charge in [-0.2, -0.15) is 0 Å². The number of H-pyrrole nitrogens is 1. The molecule has 4 N–H and O–H groups in total. The molecular weight excluding hydrogens is 240 g/mol. The molecule has 6 heteroatoms. The van der Waals surface area contributed by atoms with Crippen molar-refractivity contribution in [3.05, 3.63) is 51.5 Å². The Morgan fingerprint density at radius 2 is 2.06 bits per heavy atom. The van der Waals surface area contributed by atoms with E-state index in [2.05, 4.69) is 15.3 Å². The lowest BCUT2D eigenvalue weighted by molar-refractivity contribution is 1.07. The van der Waals surface area contributed by atoms with Crippen LogP contribution in [0.3, 0.4) is 0 Å². The number of nitrogen functional groups attached to an aromatic ring is 1. The minimum absolute atomic E-state index is 0.0847. The van der Waals surface area contributed by atoms with Gasteiger partial charge in [-0.3, -0.25) is 4.79 Å². The van der Waals surface area contributed by atoms with Crippen LogP contribution in [0, 0.1) is 0 Å². The Bertz CT molecular complexity index is 564. The van der Waals surface area contributed by atoms with E-state index in [0.717, 1.165) is 5.56 Å². The molecule has 88 valence electrons. The van der Waals surface area contributed by atoms with Crippen molar-refractivity contribution < 1.29 is 0 Å².